The number of carbonyl (C=O) groups is 1. The Kier molecular flexibility index (Phi) is 7.66. The number of urea groups is 1. The summed E-state index contributed by atoms with van der Waals surface area (Å²) < 4.78 is 7.31. The molecule has 1 aliphatic heterocycles. The summed E-state index contributed by atoms with van der Waals surface area (Å²) in [5, 5.41) is 7.53. The summed E-state index contributed by atoms with van der Waals surface area (Å²) in [4.78, 5) is 16.8. The van der Waals surface area contributed by atoms with Crippen molar-refractivity contribution in [2.24, 2.45) is 5.92 Å². The van der Waals surface area contributed by atoms with E-state index in [1.807, 2.05) is 54.5 Å². The molecule has 7 heteroatoms. The van der Waals surface area contributed by atoms with E-state index in [2.05, 4.69) is 29.2 Å². The molecule has 0 aliphatic carbocycles. The van der Waals surface area contributed by atoms with Crippen LogP contribution in [-0.2, 0) is 11.3 Å². The zero-order valence-corrected chi connectivity index (χ0v) is 17.8. The average Bonchev–Trinajstić information content (AvgIpc) is 3.20. The molecule has 0 radical (unpaired) electrons. The number of aromatic nitrogens is 2. The summed E-state index contributed by atoms with van der Waals surface area (Å²) in [6, 6.07) is 10.3. The van der Waals surface area contributed by atoms with E-state index >= 15 is 0 Å². The molecule has 1 atom stereocenters. The maximum atomic E-state index is 12.6. The summed E-state index contributed by atoms with van der Waals surface area (Å²) in [5.41, 5.74) is 2.01. The molecule has 1 aliphatic rings. The second kappa shape index (κ2) is 10.4. The molecule has 0 bridgehead atoms. The first-order valence-electron chi connectivity index (χ1n) is 10.4. The van der Waals surface area contributed by atoms with E-state index in [-0.39, 0.29) is 6.03 Å². The molecule has 0 saturated carbocycles. The highest BCUT2D eigenvalue weighted by Gasteiger charge is 2.23. The van der Waals surface area contributed by atoms with Crippen molar-refractivity contribution in [3.05, 3.63) is 48.3 Å². The fraction of sp³-hybridized carbons (Fsp3) is 0.545. The van der Waals surface area contributed by atoms with Crippen LogP contribution in [0.4, 0.5) is 4.79 Å². The van der Waals surface area contributed by atoms with Crippen LogP contribution >= 0.6 is 0 Å². The van der Waals surface area contributed by atoms with Gasteiger partial charge in [-0.15, -0.1) is 0 Å². The second-order valence-electron chi connectivity index (χ2n) is 8.10. The van der Waals surface area contributed by atoms with E-state index < -0.39 is 0 Å². The second-order valence-corrected chi connectivity index (χ2v) is 8.10. The number of nitrogens with zero attached hydrogens (tertiary/aromatic N) is 4. The SMILES string of the molecule is CC(C)CC(CNC(=O)N(C)Cc1cnn(-c2ccccc2)c1)N1CCOCC1. The number of amides is 2. The Labute approximate surface area is 173 Å². The van der Waals surface area contributed by atoms with Crippen LogP contribution in [0.2, 0.25) is 0 Å². The first kappa shape index (κ1) is 21.3. The molecule has 2 aromatic rings. The van der Waals surface area contributed by atoms with E-state index in [9.17, 15) is 4.79 Å². The molecular formula is C22H33N5O2. The van der Waals surface area contributed by atoms with Crippen molar-refractivity contribution in [3.8, 4) is 5.69 Å². The number of para-hydroxylation sites is 1. The molecule has 158 valence electrons. The van der Waals surface area contributed by atoms with E-state index in [0.717, 1.165) is 44.0 Å². The standard InChI is InChI=1S/C22H33N5O2/c1-18(2)13-21(26-9-11-29-12-10-26)15-23-22(28)25(3)16-19-14-24-27(17-19)20-7-5-4-6-8-20/h4-8,14,17-18,21H,9-13,15-16H2,1-3H3,(H,23,28). The number of benzene rings is 1. The van der Waals surface area contributed by atoms with Crippen LogP contribution in [0, 0.1) is 5.92 Å². The normalized spacial score (nSPS) is 16.0. The fourth-order valence-corrected chi connectivity index (χ4v) is 3.70. The minimum atomic E-state index is -0.0560. The highest BCUT2D eigenvalue weighted by atomic mass is 16.5. The van der Waals surface area contributed by atoms with E-state index in [1.54, 1.807) is 4.90 Å². The molecule has 2 amide bonds. The summed E-state index contributed by atoms with van der Waals surface area (Å²) in [5.74, 6) is 0.585. The minimum absolute atomic E-state index is 0.0560. The maximum absolute atomic E-state index is 12.6. The molecule has 1 aromatic heterocycles. The predicted octanol–water partition coefficient (Wildman–Crippen LogP) is 2.76. The Hall–Kier alpha value is -2.38. The lowest BCUT2D eigenvalue weighted by Gasteiger charge is -2.35. The number of hydrogen-bond donors (Lipinski definition) is 1. The zero-order valence-electron chi connectivity index (χ0n) is 17.8. The lowest BCUT2D eigenvalue weighted by Crippen LogP contribution is -2.50. The Balaban J connectivity index is 1.52. The average molecular weight is 400 g/mol. The van der Waals surface area contributed by atoms with Gasteiger partial charge in [0, 0.05) is 44.5 Å². The molecule has 1 saturated heterocycles. The van der Waals surface area contributed by atoms with Gasteiger partial charge in [0.1, 0.15) is 0 Å². The first-order valence-corrected chi connectivity index (χ1v) is 10.4. The number of rotatable bonds is 8. The van der Waals surface area contributed by atoms with E-state index in [4.69, 9.17) is 4.74 Å². The third kappa shape index (κ3) is 6.30. The molecule has 7 nitrogen and oxygen atoms in total. The van der Waals surface area contributed by atoms with Gasteiger partial charge in [-0.25, -0.2) is 9.48 Å². The molecule has 3 rings (SSSR count). The minimum Gasteiger partial charge on any atom is -0.379 e. The van der Waals surface area contributed by atoms with Gasteiger partial charge in [0.25, 0.3) is 0 Å². The Bertz CT molecular complexity index is 756. The fourth-order valence-electron chi connectivity index (χ4n) is 3.70. The highest BCUT2D eigenvalue weighted by Crippen LogP contribution is 2.13. The number of ether oxygens (including phenoxy) is 1. The largest absolute Gasteiger partial charge is 0.379 e. The molecule has 2 heterocycles. The summed E-state index contributed by atoms with van der Waals surface area (Å²) in [6.07, 6.45) is 4.84. The van der Waals surface area contributed by atoms with Gasteiger partial charge in [-0.2, -0.15) is 5.10 Å². The van der Waals surface area contributed by atoms with Gasteiger partial charge in [-0.3, -0.25) is 4.90 Å². The van der Waals surface area contributed by atoms with Gasteiger partial charge in [0.2, 0.25) is 0 Å². The summed E-state index contributed by atoms with van der Waals surface area (Å²) in [7, 11) is 1.82. The van der Waals surface area contributed by atoms with Crippen molar-refractivity contribution >= 4 is 6.03 Å². The molecule has 29 heavy (non-hydrogen) atoms. The first-order chi connectivity index (χ1) is 14.0. The van der Waals surface area contributed by atoms with Crippen LogP contribution in [-0.4, -0.2) is 71.5 Å². The third-order valence-electron chi connectivity index (χ3n) is 5.22. The van der Waals surface area contributed by atoms with E-state index in [0.29, 0.717) is 25.0 Å². The van der Waals surface area contributed by atoms with E-state index in [1.165, 1.54) is 0 Å². The number of morpholine rings is 1. The van der Waals surface area contributed by atoms with Crippen LogP contribution in [0.3, 0.4) is 0 Å². The Morgan fingerprint density at radius 3 is 2.66 bits per heavy atom. The van der Waals surface area contributed by atoms with Crippen LogP contribution in [0.5, 0.6) is 0 Å². The molecular weight excluding hydrogens is 366 g/mol. The molecule has 1 N–H and O–H groups in total. The Morgan fingerprint density at radius 2 is 1.97 bits per heavy atom. The van der Waals surface area contributed by atoms with Crippen LogP contribution < -0.4 is 5.32 Å². The van der Waals surface area contributed by atoms with Gasteiger partial charge in [0.15, 0.2) is 0 Å². The van der Waals surface area contributed by atoms with Crippen molar-refractivity contribution in [1.82, 2.24) is 24.9 Å². The van der Waals surface area contributed by atoms with Gasteiger partial charge in [-0.1, -0.05) is 32.0 Å². The van der Waals surface area contributed by atoms with Gasteiger partial charge < -0.3 is 15.0 Å². The van der Waals surface area contributed by atoms with Crippen molar-refractivity contribution in [3.63, 3.8) is 0 Å². The van der Waals surface area contributed by atoms with Gasteiger partial charge in [0.05, 0.1) is 31.6 Å². The molecule has 1 aromatic carbocycles. The van der Waals surface area contributed by atoms with Crippen molar-refractivity contribution in [2.75, 3.05) is 39.9 Å². The smallest absolute Gasteiger partial charge is 0.317 e. The zero-order chi connectivity index (χ0) is 20.6. The molecule has 1 unspecified atom stereocenters. The van der Waals surface area contributed by atoms with Crippen molar-refractivity contribution in [2.45, 2.75) is 32.9 Å². The highest BCUT2D eigenvalue weighted by molar-refractivity contribution is 5.73. The molecule has 0 spiro atoms. The topological polar surface area (TPSA) is 62.6 Å². The molecule has 1 fully saturated rings. The van der Waals surface area contributed by atoms with Crippen LogP contribution in [0.1, 0.15) is 25.8 Å². The maximum Gasteiger partial charge on any atom is 0.317 e. The third-order valence-corrected chi connectivity index (χ3v) is 5.22. The number of carbonyl (C=O) groups excluding carboxylic acids is 1. The predicted molar refractivity (Wildman–Crippen MR) is 114 cm³/mol. The lowest BCUT2D eigenvalue weighted by molar-refractivity contribution is 0.0127. The van der Waals surface area contributed by atoms with Gasteiger partial charge in [-0.05, 0) is 24.5 Å². The number of hydrogen-bond acceptors (Lipinski definition) is 4. The lowest BCUT2D eigenvalue weighted by atomic mass is 10.0. The Morgan fingerprint density at radius 1 is 1.24 bits per heavy atom. The monoisotopic (exact) mass is 399 g/mol. The van der Waals surface area contributed by atoms with Crippen molar-refractivity contribution in [1.29, 1.82) is 0 Å². The van der Waals surface area contributed by atoms with Crippen LogP contribution in [0.15, 0.2) is 42.7 Å². The summed E-state index contributed by atoms with van der Waals surface area (Å²) in [6.45, 7) is 9.04. The number of nitrogens with one attached hydrogen (secondary N) is 1. The quantitative estimate of drug-likeness (QED) is 0.741. The van der Waals surface area contributed by atoms with Crippen LogP contribution in [0.25, 0.3) is 5.69 Å². The summed E-state index contributed by atoms with van der Waals surface area (Å²) >= 11 is 0. The van der Waals surface area contributed by atoms with Gasteiger partial charge >= 0.3 is 6.03 Å². The van der Waals surface area contributed by atoms with Crippen molar-refractivity contribution < 1.29 is 9.53 Å².